The number of benzene rings is 1. The lowest BCUT2D eigenvalue weighted by Crippen LogP contribution is -2.19. The molecule has 1 radical (unpaired) electrons. The van der Waals surface area contributed by atoms with Crippen molar-refractivity contribution < 1.29 is 13.9 Å². The summed E-state index contributed by atoms with van der Waals surface area (Å²) in [6, 6.07) is 1.75. The van der Waals surface area contributed by atoms with Crippen LogP contribution in [0.3, 0.4) is 0 Å². The number of aromatic hydroxyl groups is 1. The molecule has 0 unspecified atom stereocenters. The van der Waals surface area contributed by atoms with Gasteiger partial charge in [-0.25, -0.2) is 8.78 Å². The molecule has 0 atom stereocenters. The van der Waals surface area contributed by atoms with Gasteiger partial charge in [-0.15, -0.1) is 0 Å². The van der Waals surface area contributed by atoms with Gasteiger partial charge in [-0.2, -0.15) is 0 Å². The van der Waals surface area contributed by atoms with Crippen LogP contribution < -0.4 is 5.46 Å². The van der Waals surface area contributed by atoms with Crippen LogP contribution in [-0.4, -0.2) is 12.4 Å². The summed E-state index contributed by atoms with van der Waals surface area (Å²) in [5.41, 5.74) is -0.109. The molecular formula is C7H6BF2O. The molecule has 1 aromatic rings. The van der Waals surface area contributed by atoms with Crippen molar-refractivity contribution in [3.8, 4) is 5.75 Å². The van der Waals surface area contributed by atoms with E-state index in [2.05, 4.69) is 0 Å². The van der Waals surface area contributed by atoms with E-state index in [4.69, 9.17) is 5.11 Å². The van der Waals surface area contributed by atoms with Crippen LogP contribution in [0.15, 0.2) is 12.1 Å². The fraction of sp³-hybridized carbons (Fsp3) is 0.143. The number of phenolic OH excluding ortho intramolecular Hbond substituents is 1. The average molecular weight is 155 g/mol. The van der Waals surface area contributed by atoms with Crippen molar-refractivity contribution in [3.63, 3.8) is 0 Å². The first-order valence-electron chi connectivity index (χ1n) is 3.12. The van der Waals surface area contributed by atoms with Crippen LogP contribution in [0.25, 0.3) is 0 Å². The van der Waals surface area contributed by atoms with E-state index in [0.717, 1.165) is 12.1 Å². The molecule has 57 valence electrons. The molecule has 0 aromatic heterocycles. The molecule has 0 aliphatic rings. The Kier molecular flexibility index (Phi) is 2.12. The second kappa shape index (κ2) is 2.90. The van der Waals surface area contributed by atoms with E-state index in [1.165, 1.54) is 14.1 Å². The van der Waals surface area contributed by atoms with Gasteiger partial charge in [0.1, 0.15) is 17.4 Å². The van der Waals surface area contributed by atoms with Crippen molar-refractivity contribution in [2.75, 3.05) is 0 Å². The van der Waals surface area contributed by atoms with Crippen molar-refractivity contribution in [2.45, 2.75) is 6.82 Å². The molecule has 0 aliphatic carbocycles. The van der Waals surface area contributed by atoms with Gasteiger partial charge in [0.25, 0.3) is 0 Å². The predicted octanol–water partition coefficient (Wildman–Crippen LogP) is 1.05. The highest BCUT2D eigenvalue weighted by Gasteiger charge is 2.08. The zero-order valence-corrected chi connectivity index (χ0v) is 5.94. The van der Waals surface area contributed by atoms with E-state index in [1.807, 2.05) is 0 Å². The minimum atomic E-state index is -0.745. The van der Waals surface area contributed by atoms with Gasteiger partial charge in [-0.1, -0.05) is 6.82 Å². The van der Waals surface area contributed by atoms with E-state index >= 15 is 0 Å². The lowest BCUT2D eigenvalue weighted by Gasteiger charge is -2.00. The third kappa shape index (κ3) is 1.50. The summed E-state index contributed by atoms with van der Waals surface area (Å²) in [7, 11) is 1.31. The number of hydrogen-bond acceptors (Lipinski definition) is 1. The third-order valence-electron chi connectivity index (χ3n) is 1.35. The van der Waals surface area contributed by atoms with Crippen LogP contribution in [0.4, 0.5) is 8.78 Å². The summed E-state index contributed by atoms with van der Waals surface area (Å²) in [4.78, 5) is 0. The molecule has 11 heavy (non-hydrogen) atoms. The van der Waals surface area contributed by atoms with Gasteiger partial charge in [-0.05, 0) is 5.46 Å². The number of halogens is 2. The van der Waals surface area contributed by atoms with Gasteiger partial charge in [-0.3, -0.25) is 0 Å². The zero-order valence-electron chi connectivity index (χ0n) is 5.94. The molecule has 0 fully saturated rings. The Balaban J connectivity index is 3.25. The first-order valence-corrected chi connectivity index (χ1v) is 3.12. The second-order valence-electron chi connectivity index (χ2n) is 2.11. The van der Waals surface area contributed by atoms with Crippen LogP contribution in [0.1, 0.15) is 0 Å². The molecule has 1 nitrogen and oxygen atoms in total. The maximum absolute atomic E-state index is 12.7. The van der Waals surface area contributed by atoms with Crippen LogP contribution in [0.5, 0.6) is 5.75 Å². The molecule has 0 spiro atoms. The SMILES string of the molecule is C[B]c1c(F)cc(O)cc1F. The van der Waals surface area contributed by atoms with Gasteiger partial charge in [0.05, 0.1) is 0 Å². The van der Waals surface area contributed by atoms with E-state index in [9.17, 15) is 8.78 Å². The lowest BCUT2D eigenvalue weighted by atomic mass is 9.72. The Labute approximate surface area is 63.9 Å². The molecule has 0 saturated carbocycles. The van der Waals surface area contributed by atoms with E-state index in [0.29, 0.717) is 0 Å². The summed E-state index contributed by atoms with van der Waals surface area (Å²) in [6.45, 7) is 1.53. The zero-order chi connectivity index (χ0) is 8.43. The molecule has 1 N–H and O–H groups in total. The third-order valence-corrected chi connectivity index (χ3v) is 1.35. The van der Waals surface area contributed by atoms with Crippen molar-refractivity contribution >= 4 is 12.7 Å². The fourth-order valence-corrected chi connectivity index (χ4v) is 0.847. The molecule has 0 heterocycles. The Morgan fingerprint density at radius 3 is 2.09 bits per heavy atom. The normalized spacial score (nSPS) is 9.73. The molecule has 1 rings (SSSR count). The van der Waals surface area contributed by atoms with Crippen LogP contribution in [-0.2, 0) is 0 Å². The van der Waals surface area contributed by atoms with Crippen molar-refractivity contribution in [1.82, 2.24) is 0 Å². The average Bonchev–Trinajstić information content (AvgIpc) is 1.85. The van der Waals surface area contributed by atoms with Gasteiger partial charge in [0, 0.05) is 12.1 Å². The topological polar surface area (TPSA) is 20.2 Å². The standard InChI is InChI=1S/C7H6BF2O/c1-8-7-5(9)2-4(11)3-6(7)10/h2-3,11H,1H3. The Morgan fingerprint density at radius 2 is 1.73 bits per heavy atom. The summed E-state index contributed by atoms with van der Waals surface area (Å²) in [5.74, 6) is -1.89. The lowest BCUT2D eigenvalue weighted by molar-refractivity contribution is 0.462. The molecule has 0 aliphatic heterocycles. The molecule has 0 amide bonds. The molecule has 4 heteroatoms. The van der Waals surface area contributed by atoms with Crippen LogP contribution >= 0.6 is 0 Å². The molecule has 0 bridgehead atoms. The Morgan fingerprint density at radius 1 is 1.27 bits per heavy atom. The van der Waals surface area contributed by atoms with Crippen LogP contribution in [0, 0.1) is 11.6 Å². The fourth-order valence-electron chi connectivity index (χ4n) is 0.847. The van der Waals surface area contributed by atoms with Gasteiger partial charge in [0.2, 0.25) is 0 Å². The minimum absolute atomic E-state index is 0.109. The highest BCUT2D eigenvalue weighted by Crippen LogP contribution is 2.10. The highest BCUT2D eigenvalue weighted by molar-refractivity contribution is 6.52. The van der Waals surface area contributed by atoms with E-state index in [-0.39, 0.29) is 5.46 Å². The van der Waals surface area contributed by atoms with E-state index < -0.39 is 17.4 Å². The first-order chi connectivity index (χ1) is 5.15. The van der Waals surface area contributed by atoms with Crippen LogP contribution in [0.2, 0.25) is 6.82 Å². The van der Waals surface area contributed by atoms with Gasteiger partial charge >= 0.3 is 0 Å². The van der Waals surface area contributed by atoms with Crippen molar-refractivity contribution in [3.05, 3.63) is 23.8 Å². The van der Waals surface area contributed by atoms with E-state index in [1.54, 1.807) is 0 Å². The summed E-state index contributed by atoms with van der Waals surface area (Å²) >= 11 is 0. The quantitative estimate of drug-likeness (QED) is 0.600. The maximum Gasteiger partial charge on any atom is 0.156 e. The van der Waals surface area contributed by atoms with Gasteiger partial charge in [0.15, 0.2) is 7.28 Å². The smallest absolute Gasteiger partial charge is 0.156 e. The number of hydrogen-bond donors (Lipinski definition) is 1. The summed E-state index contributed by atoms with van der Waals surface area (Å²) in [5, 5.41) is 8.72. The molecular weight excluding hydrogens is 149 g/mol. The van der Waals surface area contributed by atoms with Gasteiger partial charge < -0.3 is 5.11 Å². The molecule has 1 aromatic carbocycles. The Hall–Kier alpha value is -1.06. The minimum Gasteiger partial charge on any atom is -0.508 e. The van der Waals surface area contributed by atoms with Crippen molar-refractivity contribution in [2.24, 2.45) is 0 Å². The molecule has 0 saturated heterocycles. The largest absolute Gasteiger partial charge is 0.508 e. The highest BCUT2D eigenvalue weighted by atomic mass is 19.1. The maximum atomic E-state index is 12.7. The summed E-state index contributed by atoms with van der Waals surface area (Å²) < 4.78 is 25.4. The van der Waals surface area contributed by atoms with Crippen molar-refractivity contribution in [1.29, 1.82) is 0 Å². The first kappa shape index (κ1) is 8.05. The number of phenols is 1. The monoisotopic (exact) mass is 155 g/mol. The summed E-state index contributed by atoms with van der Waals surface area (Å²) in [6.07, 6.45) is 0. The second-order valence-corrected chi connectivity index (χ2v) is 2.11. The predicted molar refractivity (Wildman–Crippen MR) is 39.3 cm³/mol. The number of rotatable bonds is 1. The Bertz CT molecular complexity index is 252.